The number of rotatable bonds is 8. The number of aryl methyl sites for hydroxylation is 1. The number of aromatic nitrogens is 1. The van der Waals surface area contributed by atoms with Gasteiger partial charge in [0.05, 0.1) is 6.54 Å². The van der Waals surface area contributed by atoms with Crippen LogP contribution in [0.25, 0.3) is 0 Å². The van der Waals surface area contributed by atoms with E-state index in [-0.39, 0.29) is 18.5 Å². The van der Waals surface area contributed by atoms with Crippen molar-refractivity contribution in [3.05, 3.63) is 46.5 Å². The molecule has 0 radical (unpaired) electrons. The highest BCUT2D eigenvalue weighted by Crippen LogP contribution is 2.29. The van der Waals surface area contributed by atoms with Crippen molar-refractivity contribution in [2.24, 2.45) is 0 Å². The van der Waals surface area contributed by atoms with Gasteiger partial charge in [-0.1, -0.05) is 29.8 Å². The van der Waals surface area contributed by atoms with Crippen molar-refractivity contribution in [1.82, 2.24) is 9.88 Å². The summed E-state index contributed by atoms with van der Waals surface area (Å²) in [5.74, 6) is -1.12. The Morgan fingerprint density at radius 1 is 1.42 bits per heavy atom. The monoisotopic (exact) mass is 373 g/mol. The molecule has 2 N–H and O–H groups in total. The molecule has 3 rings (SSSR count). The van der Waals surface area contributed by atoms with Crippen molar-refractivity contribution in [1.29, 1.82) is 0 Å². The average molecular weight is 373 g/mol. The maximum atomic E-state index is 12.3. The summed E-state index contributed by atoms with van der Waals surface area (Å²) in [6, 6.07) is 7.84. The summed E-state index contributed by atoms with van der Waals surface area (Å²) in [5.41, 5.74) is 2.43. The number of nitrogens with one attached hydrogen (secondary N) is 1. The van der Waals surface area contributed by atoms with Crippen molar-refractivity contribution < 1.29 is 14.7 Å². The van der Waals surface area contributed by atoms with Gasteiger partial charge in [-0.2, -0.15) is 0 Å². The Morgan fingerprint density at radius 2 is 2.19 bits per heavy atom. The van der Waals surface area contributed by atoms with E-state index in [2.05, 4.69) is 35.4 Å². The second-order valence-electron chi connectivity index (χ2n) is 6.76. The number of benzene rings is 1. The first-order valence-electron chi connectivity index (χ1n) is 8.71. The van der Waals surface area contributed by atoms with Crippen LogP contribution >= 0.6 is 11.3 Å². The van der Waals surface area contributed by atoms with Gasteiger partial charge in [0.25, 0.3) is 0 Å². The number of carbonyl (C=O) groups is 2. The number of anilines is 1. The van der Waals surface area contributed by atoms with Gasteiger partial charge in [0.15, 0.2) is 5.13 Å². The molecule has 26 heavy (non-hydrogen) atoms. The second kappa shape index (κ2) is 7.97. The Hall–Kier alpha value is -2.25. The highest BCUT2D eigenvalue weighted by molar-refractivity contribution is 7.15. The molecule has 1 unspecified atom stereocenters. The summed E-state index contributed by atoms with van der Waals surface area (Å²) < 4.78 is 0. The topological polar surface area (TPSA) is 82.5 Å². The van der Waals surface area contributed by atoms with Crippen LogP contribution in [0.3, 0.4) is 0 Å². The van der Waals surface area contributed by atoms with E-state index in [4.69, 9.17) is 0 Å². The average Bonchev–Trinajstić information content (AvgIpc) is 3.33. The van der Waals surface area contributed by atoms with Crippen molar-refractivity contribution in [2.45, 2.75) is 45.2 Å². The molecule has 6 nitrogen and oxygen atoms in total. The Kier molecular flexibility index (Phi) is 5.68. The van der Waals surface area contributed by atoms with Gasteiger partial charge in [-0.15, -0.1) is 11.3 Å². The van der Waals surface area contributed by atoms with E-state index < -0.39 is 12.0 Å². The molecule has 0 aliphatic heterocycles. The number of hydrogen-bond donors (Lipinski definition) is 2. The SMILES string of the molecule is Cc1cccc(Cc2cnc(NC(=O)CN(C3CC3)C(C)C(=O)O)s2)c1. The first-order chi connectivity index (χ1) is 12.4. The zero-order chi connectivity index (χ0) is 18.7. The lowest BCUT2D eigenvalue weighted by molar-refractivity contribution is -0.143. The molecule has 0 bridgehead atoms. The van der Waals surface area contributed by atoms with Crippen molar-refractivity contribution in [3.8, 4) is 0 Å². The Balaban J connectivity index is 1.58. The van der Waals surface area contributed by atoms with Gasteiger partial charge in [-0.05, 0) is 32.3 Å². The van der Waals surface area contributed by atoms with E-state index >= 15 is 0 Å². The third kappa shape index (κ3) is 4.89. The van der Waals surface area contributed by atoms with Gasteiger partial charge in [0.2, 0.25) is 5.91 Å². The van der Waals surface area contributed by atoms with E-state index in [1.165, 1.54) is 22.5 Å². The van der Waals surface area contributed by atoms with Crippen molar-refractivity contribution in [3.63, 3.8) is 0 Å². The van der Waals surface area contributed by atoms with Crippen LogP contribution in [0.1, 0.15) is 35.8 Å². The molecular weight excluding hydrogens is 350 g/mol. The number of aliphatic carboxylic acids is 1. The molecule has 1 saturated carbocycles. The maximum absolute atomic E-state index is 12.3. The highest BCUT2D eigenvalue weighted by atomic mass is 32.1. The first-order valence-corrected chi connectivity index (χ1v) is 9.52. The number of carbonyl (C=O) groups excluding carboxylic acids is 1. The summed E-state index contributed by atoms with van der Waals surface area (Å²) in [5, 5.41) is 12.6. The highest BCUT2D eigenvalue weighted by Gasteiger charge is 2.36. The van der Waals surface area contributed by atoms with Crippen molar-refractivity contribution in [2.75, 3.05) is 11.9 Å². The number of carboxylic acid groups (broad SMARTS) is 1. The lowest BCUT2D eigenvalue weighted by Gasteiger charge is -2.25. The van der Waals surface area contributed by atoms with E-state index in [1.807, 2.05) is 6.07 Å². The molecule has 2 aromatic rings. The van der Waals surface area contributed by atoms with Gasteiger partial charge in [0, 0.05) is 23.5 Å². The molecule has 1 aromatic carbocycles. The van der Waals surface area contributed by atoms with E-state index in [0.717, 1.165) is 24.1 Å². The smallest absolute Gasteiger partial charge is 0.320 e. The van der Waals surface area contributed by atoms with Crippen LogP contribution in [-0.2, 0) is 16.0 Å². The first kappa shape index (κ1) is 18.5. The Bertz CT molecular complexity index is 801. The number of carboxylic acids is 1. The van der Waals surface area contributed by atoms with Gasteiger partial charge in [0.1, 0.15) is 6.04 Å². The number of amides is 1. The standard InChI is InChI=1S/C19H23N3O3S/c1-12-4-3-5-14(8-12)9-16-10-20-19(26-16)21-17(23)11-22(15-6-7-15)13(2)18(24)25/h3-5,8,10,13,15H,6-7,9,11H2,1-2H3,(H,24,25)(H,20,21,23). The zero-order valence-corrected chi connectivity index (χ0v) is 15.8. The number of thiazole rings is 1. The molecule has 1 aliphatic rings. The molecule has 0 spiro atoms. The normalized spacial score (nSPS) is 15.0. The maximum Gasteiger partial charge on any atom is 0.320 e. The minimum Gasteiger partial charge on any atom is -0.480 e. The molecule has 7 heteroatoms. The zero-order valence-electron chi connectivity index (χ0n) is 14.9. The minimum absolute atomic E-state index is 0.0743. The summed E-state index contributed by atoms with van der Waals surface area (Å²) >= 11 is 1.45. The Morgan fingerprint density at radius 3 is 2.85 bits per heavy atom. The number of hydrogen-bond acceptors (Lipinski definition) is 5. The predicted octanol–water partition coefficient (Wildman–Crippen LogP) is 2.92. The van der Waals surface area contributed by atoms with Gasteiger partial charge < -0.3 is 10.4 Å². The molecule has 1 amide bonds. The van der Waals surface area contributed by atoms with Crippen LogP contribution in [0.5, 0.6) is 0 Å². The minimum atomic E-state index is -0.903. The van der Waals surface area contributed by atoms with Crippen LogP contribution in [-0.4, -0.2) is 45.5 Å². The molecule has 1 aromatic heterocycles. The van der Waals surface area contributed by atoms with Crippen LogP contribution in [0.4, 0.5) is 5.13 Å². The second-order valence-corrected chi connectivity index (χ2v) is 7.88. The lowest BCUT2D eigenvalue weighted by atomic mass is 10.1. The fraction of sp³-hybridized carbons (Fsp3) is 0.421. The van der Waals surface area contributed by atoms with Crippen LogP contribution in [0.15, 0.2) is 30.5 Å². The summed E-state index contributed by atoms with van der Waals surface area (Å²) in [6.45, 7) is 3.76. The molecule has 1 aliphatic carbocycles. The van der Waals surface area contributed by atoms with E-state index in [0.29, 0.717) is 5.13 Å². The molecule has 1 atom stereocenters. The van der Waals surface area contributed by atoms with Crippen LogP contribution in [0.2, 0.25) is 0 Å². The summed E-state index contributed by atoms with van der Waals surface area (Å²) in [6.07, 6.45) is 4.45. The lowest BCUT2D eigenvalue weighted by Crippen LogP contribution is -2.44. The quantitative estimate of drug-likeness (QED) is 0.743. The third-order valence-corrected chi connectivity index (χ3v) is 5.37. The predicted molar refractivity (Wildman–Crippen MR) is 102 cm³/mol. The third-order valence-electron chi connectivity index (χ3n) is 4.46. The largest absolute Gasteiger partial charge is 0.480 e. The molecule has 1 fully saturated rings. The van der Waals surface area contributed by atoms with Gasteiger partial charge in [-0.3, -0.25) is 14.5 Å². The van der Waals surface area contributed by atoms with Gasteiger partial charge in [-0.25, -0.2) is 4.98 Å². The van der Waals surface area contributed by atoms with Gasteiger partial charge >= 0.3 is 5.97 Å². The van der Waals surface area contributed by atoms with Crippen LogP contribution in [0, 0.1) is 6.92 Å². The van der Waals surface area contributed by atoms with E-state index in [1.54, 1.807) is 18.0 Å². The molecule has 138 valence electrons. The molecular formula is C19H23N3O3S. The van der Waals surface area contributed by atoms with Crippen LogP contribution < -0.4 is 5.32 Å². The molecule has 0 saturated heterocycles. The summed E-state index contributed by atoms with van der Waals surface area (Å²) in [4.78, 5) is 30.6. The fourth-order valence-corrected chi connectivity index (χ4v) is 3.79. The van der Waals surface area contributed by atoms with Crippen molar-refractivity contribution >= 4 is 28.3 Å². The fourth-order valence-electron chi connectivity index (χ4n) is 2.93. The Labute approximate surface area is 156 Å². The van der Waals surface area contributed by atoms with E-state index in [9.17, 15) is 14.7 Å². The summed E-state index contributed by atoms with van der Waals surface area (Å²) in [7, 11) is 0. The molecule has 1 heterocycles. The number of nitrogens with zero attached hydrogens (tertiary/aromatic N) is 2.